The first kappa shape index (κ1) is 19.2. The monoisotopic (exact) mass is 384 g/mol. The van der Waals surface area contributed by atoms with Crippen LogP contribution >= 0.6 is 0 Å². The number of amides is 1. The molecule has 28 heavy (non-hydrogen) atoms. The third-order valence-electron chi connectivity index (χ3n) is 6.10. The number of carbonyl (C=O) groups excluding carboxylic acids is 1. The molecule has 1 N–H and O–H groups in total. The number of aryl methyl sites for hydroxylation is 2. The van der Waals surface area contributed by atoms with Crippen LogP contribution in [0.5, 0.6) is 0 Å². The van der Waals surface area contributed by atoms with Gasteiger partial charge in [0.15, 0.2) is 0 Å². The van der Waals surface area contributed by atoms with E-state index in [0.29, 0.717) is 6.54 Å². The van der Waals surface area contributed by atoms with Crippen molar-refractivity contribution in [1.82, 2.24) is 29.8 Å². The summed E-state index contributed by atoms with van der Waals surface area (Å²) in [6, 6.07) is 2.16. The molecule has 7 heteroatoms. The summed E-state index contributed by atoms with van der Waals surface area (Å²) in [5.74, 6) is 0.420. The van der Waals surface area contributed by atoms with Crippen LogP contribution < -0.4 is 5.32 Å². The molecule has 0 radical (unpaired) electrons. The second-order valence-electron chi connectivity index (χ2n) is 8.24. The summed E-state index contributed by atoms with van der Waals surface area (Å²) in [6.45, 7) is 9.70. The van der Waals surface area contributed by atoms with Crippen molar-refractivity contribution in [2.45, 2.75) is 78.7 Å². The lowest BCUT2D eigenvalue weighted by atomic mass is 9.85. The van der Waals surface area contributed by atoms with Gasteiger partial charge >= 0.3 is 0 Å². The number of nitrogens with one attached hydrogen (secondary N) is 1. The predicted octanol–water partition coefficient (Wildman–Crippen LogP) is 2.62. The molecule has 3 heterocycles. The SMILES string of the molecule is CCCn1ncc(CN2CCCn3nc(CNC(=O)C4CCC4)cc3C2)c1C. The number of nitrogens with zero attached hydrogens (tertiary/aromatic N) is 5. The molecule has 1 aliphatic carbocycles. The Balaban J connectivity index is 1.37. The molecule has 2 aromatic rings. The van der Waals surface area contributed by atoms with Gasteiger partial charge in [-0.2, -0.15) is 10.2 Å². The van der Waals surface area contributed by atoms with E-state index < -0.39 is 0 Å². The van der Waals surface area contributed by atoms with E-state index in [1.54, 1.807) is 0 Å². The Morgan fingerprint density at radius 3 is 2.89 bits per heavy atom. The van der Waals surface area contributed by atoms with E-state index in [2.05, 4.69) is 44.6 Å². The molecule has 1 aliphatic heterocycles. The fraction of sp³-hybridized carbons (Fsp3) is 0.667. The lowest BCUT2D eigenvalue weighted by Crippen LogP contribution is -2.34. The van der Waals surface area contributed by atoms with Crippen LogP contribution in [0.2, 0.25) is 0 Å². The molecule has 0 bridgehead atoms. The zero-order valence-corrected chi connectivity index (χ0v) is 17.2. The second-order valence-corrected chi connectivity index (χ2v) is 8.24. The highest BCUT2D eigenvalue weighted by Gasteiger charge is 2.25. The van der Waals surface area contributed by atoms with Crippen LogP contribution in [0, 0.1) is 12.8 Å². The zero-order valence-electron chi connectivity index (χ0n) is 17.2. The molecule has 1 saturated carbocycles. The summed E-state index contributed by atoms with van der Waals surface area (Å²) in [7, 11) is 0. The zero-order chi connectivity index (χ0) is 19.5. The molecule has 2 aromatic heterocycles. The maximum atomic E-state index is 12.1. The van der Waals surface area contributed by atoms with E-state index >= 15 is 0 Å². The molecule has 152 valence electrons. The number of hydrogen-bond donors (Lipinski definition) is 1. The van der Waals surface area contributed by atoms with Gasteiger partial charge in [-0.05, 0) is 38.7 Å². The Bertz CT molecular complexity index is 819. The standard InChI is InChI=1S/C21H32N6O/c1-3-8-26-16(2)18(12-23-26)14-25-9-5-10-27-20(15-25)11-19(24-27)13-22-21(28)17-6-4-7-17/h11-12,17H,3-10,13-15H2,1-2H3,(H,22,28). The minimum atomic E-state index is 0.190. The number of aromatic nitrogens is 4. The minimum absolute atomic E-state index is 0.190. The lowest BCUT2D eigenvalue weighted by Gasteiger charge is -2.23. The quantitative estimate of drug-likeness (QED) is 0.797. The summed E-state index contributed by atoms with van der Waals surface area (Å²) in [5.41, 5.74) is 4.80. The molecule has 7 nitrogen and oxygen atoms in total. The number of fused-ring (bicyclic) bond motifs is 1. The van der Waals surface area contributed by atoms with Gasteiger partial charge in [0.25, 0.3) is 0 Å². The van der Waals surface area contributed by atoms with Gasteiger partial charge in [-0.25, -0.2) is 0 Å². The molecule has 0 unspecified atom stereocenters. The highest BCUT2D eigenvalue weighted by atomic mass is 16.1. The highest BCUT2D eigenvalue weighted by molar-refractivity contribution is 5.79. The number of carbonyl (C=O) groups is 1. The summed E-state index contributed by atoms with van der Waals surface area (Å²) < 4.78 is 4.23. The van der Waals surface area contributed by atoms with Crippen molar-refractivity contribution < 1.29 is 4.79 Å². The Hall–Kier alpha value is -2.15. The van der Waals surface area contributed by atoms with Crippen LogP contribution in [0.25, 0.3) is 0 Å². The van der Waals surface area contributed by atoms with E-state index in [1.165, 1.54) is 23.4 Å². The molecule has 0 saturated heterocycles. The maximum Gasteiger partial charge on any atom is 0.223 e. The van der Waals surface area contributed by atoms with Crippen molar-refractivity contribution in [3.63, 3.8) is 0 Å². The van der Waals surface area contributed by atoms with E-state index in [1.807, 2.05) is 6.20 Å². The van der Waals surface area contributed by atoms with Crippen LogP contribution in [0.15, 0.2) is 12.3 Å². The molecule has 4 rings (SSSR count). The molecule has 0 spiro atoms. The van der Waals surface area contributed by atoms with Crippen LogP contribution in [-0.4, -0.2) is 36.9 Å². The average molecular weight is 385 g/mol. The largest absolute Gasteiger partial charge is 0.350 e. The van der Waals surface area contributed by atoms with E-state index in [9.17, 15) is 4.79 Å². The maximum absolute atomic E-state index is 12.1. The summed E-state index contributed by atoms with van der Waals surface area (Å²) in [4.78, 5) is 14.6. The Kier molecular flexibility index (Phi) is 5.80. The van der Waals surface area contributed by atoms with Gasteiger partial charge < -0.3 is 5.32 Å². The van der Waals surface area contributed by atoms with Crippen molar-refractivity contribution in [2.24, 2.45) is 5.92 Å². The smallest absolute Gasteiger partial charge is 0.223 e. The molecule has 1 fully saturated rings. The van der Waals surface area contributed by atoms with E-state index in [0.717, 1.165) is 64.1 Å². The summed E-state index contributed by atoms with van der Waals surface area (Å²) in [6.07, 6.45) is 7.47. The first-order valence-corrected chi connectivity index (χ1v) is 10.7. The molecule has 0 aromatic carbocycles. The van der Waals surface area contributed by atoms with Gasteiger partial charge in [-0.1, -0.05) is 13.3 Å². The third-order valence-corrected chi connectivity index (χ3v) is 6.10. The van der Waals surface area contributed by atoms with Gasteiger partial charge in [0.2, 0.25) is 5.91 Å². The van der Waals surface area contributed by atoms with Crippen molar-refractivity contribution >= 4 is 5.91 Å². The Morgan fingerprint density at radius 2 is 2.14 bits per heavy atom. The Morgan fingerprint density at radius 1 is 1.29 bits per heavy atom. The van der Waals surface area contributed by atoms with Gasteiger partial charge in [-0.3, -0.25) is 19.1 Å². The average Bonchev–Trinajstić information content (AvgIpc) is 3.10. The molecular weight excluding hydrogens is 352 g/mol. The predicted molar refractivity (Wildman–Crippen MR) is 107 cm³/mol. The Labute approximate surface area is 167 Å². The van der Waals surface area contributed by atoms with Crippen LogP contribution in [-0.2, 0) is 37.5 Å². The molecule has 1 amide bonds. The van der Waals surface area contributed by atoms with E-state index in [-0.39, 0.29) is 11.8 Å². The number of rotatable bonds is 7. The van der Waals surface area contributed by atoms with Gasteiger partial charge in [0.1, 0.15) is 0 Å². The lowest BCUT2D eigenvalue weighted by molar-refractivity contribution is -0.127. The molecule has 0 atom stereocenters. The topological polar surface area (TPSA) is 68.0 Å². The minimum Gasteiger partial charge on any atom is -0.350 e. The summed E-state index contributed by atoms with van der Waals surface area (Å²) >= 11 is 0. The van der Waals surface area contributed by atoms with Crippen LogP contribution in [0.3, 0.4) is 0 Å². The van der Waals surface area contributed by atoms with E-state index in [4.69, 9.17) is 5.10 Å². The fourth-order valence-corrected chi connectivity index (χ4v) is 4.12. The van der Waals surface area contributed by atoms with Crippen LogP contribution in [0.1, 0.15) is 61.7 Å². The van der Waals surface area contributed by atoms with Gasteiger partial charge in [0, 0.05) is 49.9 Å². The second kappa shape index (κ2) is 8.47. The molecular formula is C21H32N6O. The first-order chi connectivity index (χ1) is 13.6. The third kappa shape index (κ3) is 4.14. The van der Waals surface area contributed by atoms with Crippen LogP contribution in [0.4, 0.5) is 0 Å². The van der Waals surface area contributed by atoms with Crippen molar-refractivity contribution in [3.05, 3.63) is 34.9 Å². The first-order valence-electron chi connectivity index (χ1n) is 10.7. The number of hydrogen-bond acceptors (Lipinski definition) is 4. The van der Waals surface area contributed by atoms with Gasteiger partial charge in [-0.15, -0.1) is 0 Å². The van der Waals surface area contributed by atoms with Crippen molar-refractivity contribution in [3.8, 4) is 0 Å². The fourth-order valence-electron chi connectivity index (χ4n) is 4.12. The summed E-state index contributed by atoms with van der Waals surface area (Å²) in [5, 5.41) is 12.3. The van der Waals surface area contributed by atoms with Crippen molar-refractivity contribution in [2.75, 3.05) is 6.54 Å². The normalized spacial score (nSPS) is 17.8. The molecule has 2 aliphatic rings. The van der Waals surface area contributed by atoms with Crippen molar-refractivity contribution in [1.29, 1.82) is 0 Å². The highest BCUT2D eigenvalue weighted by Crippen LogP contribution is 2.26. The van der Waals surface area contributed by atoms with Gasteiger partial charge in [0.05, 0.1) is 24.1 Å².